The molecule has 0 radical (unpaired) electrons. The molecule has 2 N–H and O–H groups in total. The highest BCUT2D eigenvalue weighted by atomic mass is 32.1. The van der Waals surface area contributed by atoms with Crippen LogP contribution in [0.4, 0.5) is 0 Å². The van der Waals surface area contributed by atoms with Crippen LogP contribution in [0.3, 0.4) is 0 Å². The molecule has 0 aliphatic rings. The summed E-state index contributed by atoms with van der Waals surface area (Å²) in [5.41, 5.74) is -0.170. The van der Waals surface area contributed by atoms with Crippen LogP contribution in [0.1, 0.15) is 47.0 Å². The first kappa shape index (κ1) is 16.3. The van der Waals surface area contributed by atoms with Gasteiger partial charge < -0.3 is 10.6 Å². The largest absolute Gasteiger partial charge is 0.349 e. The highest BCUT2D eigenvalue weighted by molar-refractivity contribution is 7.80. The fraction of sp³-hybridized carbons (Fsp3) is 0.833. The Balaban J connectivity index is 4.62. The fourth-order valence-corrected chi connectivity index (χ4v) is 2.06. The molecule has 0 bridgehead atoms. The van der Waals surface area contributed by atoms with E-state index in [9.17, 15) is 9.59 Å². The Bertz CT molecular complexity index is 257. The summed E-state index contributed by atoms with van der Waals surface area (Å²) in [5.74, 6) is -0.0615. The third-order valence-corrected chi connectivity index (χ3v) is 3.66. The van der Waals surface area contributed by atoms with Gasteiger partial charge in [-0.05, 0) is 19.3 Å². The lowest BCUT2D eigenvalue weighted by molar-refractivity contribution is -0.129. The molecule has 0 aliphatic heterocycles. The molecule has 5 heteroatoms. The van der Waals surface area contributed by atoms with Crippen molar-refractivity contribution in [2.24, 2.45) is 0 Å². The van der Waals surface area contributed by atoms with Crippen molar-refractivity contribution < 1.29 is 9.59 Å². The quantitative estimate of drug-likeness (QED) is 0.608. The summed E-state index contributed by atoms with van der Waals surface area (Å²) < 4.78 is 0. The number of hydrogen-bond donors (Lipinski definition) is 3. The van der Waals surface area contributed by atoms with Crippen molar-refractivity contribution in [1.29, 1.82) is 0 Å². The topological polar surface area (TPSA) is 58.2 Å². The molecule has 4 nitrogen and oxygen atoms in total. The van der Waals surface area contributed by atoms with Gasteiger partial charge in [-0.25, -0.2) is 0 Å². The third kappa shape index (κ3) is 4.98. The van der Waals surface area contributed by atoms with E-state index in [2.05, 4.69) is 44.0 Å². The third-order valence-electron chi connectivity index (χ3n) is 3.30. The summed E-state index contributed by atoms with van der Waals surface area (Å²) in [6.07, 6.45) is 2.64. The summed E-state index contributed by atoms with van der Waals surface area (Å²) in [6.45, 7) is 7.57. The van der Waals surface area contributed by atoms with Crippen LogP contribution in [0.25, 0.3) is 0 Å². The molecule has 0 spiro atoms. The average Bonchev–Trinajstić information content (AvgIpc) is 2.32. The van der Waals surface area contributed by atoms with Crippen molar-refractivity contribution in [3.05, 3.63) is 0 Å². The van der Waals surface area contributed by atoms with Crippen LogP contribution in [0, 0.1) is 0 Å². The predicted molar refractivity (Wildman–Crippen MR) is 73.2 cm³/mol. The highest BCUT2D eigenvalue weighted by Gasteiger charge is 2.29. The standard InChI is InChI=1S/C12H24N2O2S/c1-5-12(6-2,7-3)14-11(16)10(8-17)13-9(4)15/h10,17H,5-8H2,1-4H3,(H,13,15)(H,14,16). The van der Waals surface area contributed by atoms with Gasteiger partial charge in [0.1, 0.15) is 6.04 Å². The average molecular weight is 260 g/mol. The maximum absolute atomic E-state index is 12.0. The normalized spacial score (nSPS) is 13.0. The first-order valence-electron chi connectivity index (χ1n) is 6.14. The SMILES string of the molecule is CCC(CC)(CC)NC(=O)C(CS)NC(C)=O. The van der Waals surface area contributed by atoms with Gasteiger partial charge in [0.2, 0.25) is 11.8 Å². The van der Waals surface area contributed by atoms with Crippen molar-refractivity contribution in [2.75, 3.05) is 5.75 Å². The van der Waals surface area contributed by atoms with E-state index in [0.29, 0.717) is 5.75 Å². The van der Waals surface area contributed by atoms with E-state index >= 15 is 0 Å². The van der Waals surface area contributed by atoms with Gasteiger partial charge in [0.25, 0.3) is 0 Å². The Kier molecular flexibility index (Phi) is 7.27. The second-order valence-corrected chi connectivity index (χ2v) is 4.63. The van der Waals surface area contributed by atoms with Gasteiger partial charge in [-0.1, -0.05) is 20.8 Å². The fourth-order valence-electron chi connectivity index (χ4n) is 1.80. The Morgan fingerprint density at radius 1 is 1.18 bits per heavy atom. The zero-order valence-corrected chi connectivity index (χ0v) is 12.1. The monoisotopic (exact) mass is 260 g/mol. The molecule has 0 aromatic heterocycles. The van der Waals surface area contributed by atoms with Crippen molar-refractivity contribution in [3.63, 3.8) is 0 Å². The van der Waals surface area contributed by atoms with E-state index in [0.717, 1.165) is 19.3 Å². The lowest BCUT2D eigenvalue weighted by Crippen LogP contribution is -2.55. The molecule has 100 valence electrons. The van der Waals surface area contributed by atoms with E-state index in [4.69, 9.17) is 0 Å². The van der Waals surface area contributed by atoms with Gasteiger partial charge in [0.15, 0.2) is 0 Å². The second kappa shape index (κ2) is 7.58. The molecule has 0 aromatic rings. The van der Waals surface area contributed by atoms with Crippen molar-refractivity contribution >= 4 is 24.4 Å². The molecule has 0 fully saturated rings. The molecule has 0 aliphatic carbocycles. The first-order chi connectivity index (χ1) is 7.94. The first-order valence-corrected chi connectivity index (χ1v) is 6.77. The zero-order chi connectivity index (χ0) is 13.5. The van der Waals surface area contributed by atoms with E-state index in [-0.39, 0.29) is 17.4 Å². The molecule has 0 saturated heterocycles. The molecule has 0 heterocycles. The number of carbonyl (C=O) groups is 2. The maximum Gasteiger partial charge on any atom is 0.243 e. The van der Waals surface area contributed by atoms with Crippen molar-refractivity contribution in [2.45, 2.75) is 58.5 Å². The lowest BCUT2D eigenvalue weighted by atomic mass is 9.89. The van der Waals surface area contributed by atoms with Crippen LogP contribution in [-0.4, -0.2) is 29.1 Å². The summed E-state index contributed by atoms with van der Waals surface area (Å²) >= 11 is 4.09. The van der Waals surface area contributed by atoms with Crippen LogP contribution in [0.15, 0.2) is 0 Å². The van der Waals surface area contributed by atoms with Crippen LogP contribution < -0.4 is 10.6 Å². The molecular weight excluding hydrogens is 236 g/mol. The van der Waals surface area contributed by atoms with E-state index < -0.39 is 6.04 Å². The van der Waals surface area contributed by atoms with Crippen LogP contribution in [-0.2, 0) is 9.59 Å². The molecule has 17 heavy (non-hydrogen) atoms. The minimum Gasteiger partial charge on any atom is -0.349 e. The summed E-state index contributed by atoms with van der Waals surface area (Å²) in [5, 5.41) is 5.63. The van der Waals surface area contributed by atoms with Crippen LogP contribution >= 0.6 is 12.6 Å². The summed E-state index contributed by atoms with van der Waals surface area (Å²) in [7, 11) is 0. The molecule has 2 amide bonds. The van der Waals surface area contributed by atoms with Gasteiger partial charge in [-0.2, -0.15) is 12.6 Å². The smallest absolute Gasteiger partial charge is 0.243 e. The Morgan fingerprint density at radius 3 is 1.94 bits per heavy atom. The van der Waals surface area contributed by atoms with Gasteiger partial charge >= 0.3 is 0 Å². The number of amides is 2. The number of nitrogens with one attached hydrogen (secondary N) is 2. The molecule has 0 saturated carbocycles. The molecule has 1 unspecified atom stereocenters. The Hall–Kier alpha value is -0.710. The maximum atomic E-state index is 12.0. The minimum absolute atomic E-state index is 0.152. The van der Waals surface area contributed by atoms with Gasteiger partial charge in [-0.3, -0.25) is 9.59 Å². The number of hydrogen-bond acceptors (Lipinski definition) is 3. The van der Waals surface area contributed by atoms with Crippen molar-refractivity contribution in [1.82, 2.24) is 10.6 Å². The molecular formula is C12H24N2O2S. The minimum atomic E-state index is -0.556. The van der Waals surface area contributed by atoms with Gasteiger partial charge in [0, 0.05) is 18.2 Å². The Labute approximate surface area is 109 Å². The highest BCUT2D eigenvalue weighted by Crippen LogP contribution is 2.19. The summed E-state index contributed by atoms with van der Waals surface area (Å²) in [6, 6.07) is -0.556. The zero-order valence-electron chi connectivity index (χ0n) is 11.2. The molecule has 1 atom stereocenters. The number of rotatable bonds is 7. The van der Waals surface area contributed by atoms with Gasteiger partial charge in [-0.15, -0.1) is 0 Å². The van der Waals surface area contributed by atoms with Crippen molar-refractivity contribution in [3.8, 4) is 0 Å². The van der Waals surface area contributed by atoms with Gasteiger partial charge in [0.05, 0.1) is 0 Å². The summed E-state index contributed by atoms with van der Waals surface area (Å²) in [4.78, 5) is 23.0. The molecule has 0 aromatic carbocycles. The van der Waals surface area contributed by atoms with E-state index in [1.807, 2.05) is 0 Å². The lowest BCUT2D eigenvalue weighted by Gasteiger charge is -2.33. The Morgan fingerprint density at radius 2 is 1.65 bits per heavy atom. The van der Waals surface area contributed by atoms with E-state index in [1.54, 1.807) is 0 Å². The number of thiol groups is 1. The van der Waals surface area contributed by atoms with Crippen LogP contribution in [0.2, 0.25) is 0 Å². The number of carbonyl (C=O) groups excluding carboxylic acids is 2. The van der Waals surface area contributed by atoms with E-state index in [1.165, 1.54) is 6.92 Å². The predicted octanol–water partition coefficient (Wildman–Crippen LogP) is 1.51. The second-order valence-electron chi connectivity index (χ2n) is 4.27. The molecule has 0 rings (SSSR count). The van der Waals surface area contributed by atoms with Crippen LogP contribution in [0.5, 0.6) is 0 Å².